The van der Waals surface area contributed by atoms with E-state index in [1.807, 2.05) is 48.5 Å². The van der Waals surface area contributed by atoms with Gasteiger partial charge in [0, 0.05) is 21.8 Å². The van der Waals surface area contributed by atoms with Crippen molar-refractivity contribution in [1.29, 1.82) is 0 Å². The molecule has 0 aliphatic carbocycles. The fourth-order valence-electron chi connectivity index (χ4n) is 2.04. The van der Waals surface area contributed by atoms with Gasteiger partial charge in [-0.1, -0.05) is 58.8 Å². The lowest BCUT2D eigenvalue weighted by molar-refractivity contribution is -0.141. The van der Waals surface area contributed by atoms with Crippen molar-refractivity contribution in [3.8, 4) is 11.5 Å². The Hall–Kier alpha value is -2.06. The van der Waals surface area contributed by atoms with Crippen LogP contribution in [0, 0.1) is 0 Å². The Bertz CT molecular complexity index is 767. The normalized spacial score (nSPS) is 9.13. The number of ether oxygens (including phenoxy) is 3. The molecule has 2 rings (SSSR count). The van der Waals surface area contributed by atoms with Gasteiger partial charge < -0.3 is 19.3 Å². The molecule has 1 N–H and O–H groups in total. The fraction of sp³-hybridized carbons (Fsp3) is 0.391. The maximum absolute atomic E-state index is 10.8. The minimum absolute atomic E-state index is 0. The molecule has 0 fully saturated rings. The number of rotatable bonds is 10. The summed E-state index contributed by atoms with van der Waals surface area (Å²) in [5.74, 6) is 0.565. The van der Waals surface area contributed by atoms with Crippen molar-refractivity contribution in [3.05, 3.63) is 57.5 Å². The molecule has 6 nitrogen and oxygen atoms in total. The van der Waals surface area contributed by atoms with Gasteiger partial charge >= 0.3 is 11.9 Å². The molecule has 0 aliphatic heterocycles. The first-order valence-electron chi connectivity index (χ1n) is 8.96. The van der Waals surface area contributed by atoms with E-state index in [1.165, 1.54) is 7.11 Å². The zero-order valence-corrected chi connectivity index (χ0v) is 19.3. The van der Waals surface area contributed by atoms with Crippen LogP contribution in [0.4, 0.5) is 0 Å². The lowest BCUT2D eigenvalue weighted by Gasteiger charge is -2.05. The number of halogens is 2. The van der Waals surface area contributed by atoms with E-state index in [4.69, 9.17) is 14.6 Å². The molecule has 8 heteroatoms. The largest absolute Gasteiger partial charge is 0.494 e. The van der Waals surface area contributed by atoms with Crippen molar-refractivity contribution < 1.29 is 28.9 Å². The standard InChI is InChI=1S/C11H13BrO3.C10H11BrO3.2CH4/c1-14-11(13)6-3-7-15-10-5-2-4-9(12)8-10;11-8-3-1-4-9(7-8)14-6-2-5-10(12)13;;/h2,4-5,8H,3,6-7H2,1H3;1,3-4,7H,2,5-6H2,(H,12,13);2*1H4. The van der Waals surface area contributed by atoms with Crippen molar-refractivity contribution >= 4 is 43.8 Å². The summed E-state index contributed by atoms with van der Waals surface area (Å²) in [5.41, 5.74) is 0. The third-order valence-corrected chi connectivity index (χ3v) is 4.40. The third-order valence-electron chi connectivity index (χ3n) is 3.42. The second kappa shape index (κ2) is 18.7. The number of methoxy groups -OCH3 is 1. The number of benzene rings is 2. The van der Waals surface area contributed by atoms with Crippen LogP contribution in [0.15, 0.2) is 57.5 Å². The molecular formula is C23H32Br2O6. The Balaban J connectivity index is 0. The average Bonchev–Trinajstić information content (AvgIpc) is 2.69. The molecule has 31 heavy (non-hydrogen) atoms. The quantitative estimate of drug-likeness (QED) is 0.254. The minimum atomic E-state index is -0.789. The summed E-state index contributed by atoms with van der Waals surface area (Å²) >= 11 is 6.67. The highest BCUT2D eigenvalue weighted by Crippen LogP contribution is 2.18. The molecule has 0 aliphatic rings. The van der Waals surface area contributed by atoms with Gasteiger partial charge in [0.05, 0.1) is 20.3 Å². The molecule has 2 aromatic rings. The monoisotopic (exact) mass is 562 g/mol. The summed E-state index contributed by atoms with van der Waals surface area (Å²) in [6, 6.07) is 15.1. The first-order valence-corrected chi connectivity index (χ1v) is 10.5. The Labute approximate surface area is 202 Å². The third kappa shape index (κ3) is 16.3. The summed E-state index contributed by atoms with van der Waals surface area (Å²) in [7, 11) is 1.39. The van der Waals surface area contributed by atoms with E-state index in [1.54, 1.807) is 0 Å². The number of hydrogen-bond donors (Lipinski definition) is 1. The predicted octanol–water partition coefficient (Wildman–Crippen LogP) is 6.75. The van der Waals surface area contributed by atoms with Crippen molar-refractivity contribution in [2.24, 2.45) is 0 Å². The Kier molecular flexibility index (Phi) is 18.8. The van der Waals surface area contributed by atoms with Crippen LogP contribution in [0.5, 0.6) is 11.5 Å². The highest BCUT2D eigenvalue weighted by Gasteiger charge is 2.00. The first kappa shape index (κ1) is 31.1. The molecule has 174 valence electrons. The van der Waals surface area contributed by atoms with E-state index in [0.717, 1.165) is 20.4 Å². The Morgan fingerprint density at radius 1 is 0.839 bits per heavy atom. The van der Waals surface area contributed by atoms with Gasteiger partial charge in [0.2, 0.25) is 0 Å². The summed E-state index contributed by atoms with van der Waals surface area (Å²) in [5, 5.41) is 8.39. The van der Waals surface area contributed by atoms with Crippen LogP contribution in [0.1, 0.15) is 40.5 Å². The van der Waals surface area contributed by atoms with E-state index >= 15 is 0 Å². The van der Waals surface area contributed by atoms with E-state index in [2.05, 4.69) is 36.6 Å². The molecule has 0 unspecified atom stereocenters. The molecular weight excluding hydrogens is 532 g/mol. The summed E-state index contributed by atoms with van der Waals surface area (Å²) in [4.78, 5) is 21.0. The SMILES string of the molecule is C.C.COC(=O)CCCOc1cccc(Br)c1.O=C(O)CCCOc1cccc(Br)c1. The van der Waals surface area contributed by atoms with Gasteiger partial charge in [0.1, 0.15) is 11.5 Å². The zero-order valence-electron chi connectivity index (χ0n) is 16.1. The topological polar surface area (TPSA) is 82.1 Å². The summed E-state index contributed by atoms with van der Waals surface area (Å²) < 4.78 is 17.2. The van der Waals surface area contributed by atoms with Crippen molar-refractivity contribution in [2.75, 3.05) is 20.3 Å². The molecule has 0 saturated carbocycles. The lowest BCUT2D eigenvalue weighted by atomic mass is 10.3. The molecule has 0 spiro atoms. The van der Waals surface area contributed by atoms with Gasteiger partial charge in [-0.2, -0.15) is 0 Å². The van der Waals surface area contributed by atoms with Crippen LogP contribution in [-0.4, -0.2) is 37.4 Å². The van der Waals surface area contributed by atoms with Crippen molar-refractivity contribution in [2.45, 2.75) is 40.5 Å². The van der Waals surface area contributed by atoms with Gasteiger partial charge in [-0.15, -0.1) is 0 Å². The van der Waals surface area contributed by atoms with Gasteiger partial charge in [0.15, 0.2) is 0 Å². The van der Waals surface area contributed by atoms with E-state index < -0.39 is 5.97 Å². The number of aliphatic carboxylic acids is 1. The number of hydrogen-bond acceptors (Lipinski definition) is 5. The van der Waals surface area contributed by atoms with Crippen LogP contribution < -0.4 is 9.47 Å². The summed E-state index contributed by atoms with van der Waals surface area (Å²) in [6.45, 7) is 0.953. The summed E-state index contributed by atoms with van der Waals surface area (Å²) in [6.07, 6.45) is 1.74. The molecule has 0 amide bonds. The van der Waals surface area contributed by atoms with Crippen molar-refractivity contribution in [1.82, 2.24) is 0 Å². The molecule has 0 aromatic heterocycles. The zero-order chi connectivity index (χ0) is 21.5. The number of carboxylic acids is 1. The highest BCUT2D eigenvalue weighted by molar-refractivity contribution is 9.10. The van der Waals surface area contributed by atoms with Gasteiger partial charge in [-0.25, -0.2) is 0 Å². The molecule has 0 saturated heterocycles. The molecule has 0 radical (unpaired) electrons. The maximum Gasteiger partial charge on any atom is 0.305 e. The highest BCUT2D eigenvalue weighted by atomic mass is 79.9. The molecule has 2 aromatic carbocycles. The number of carbonyl (C=O) groups is 2. The molecule has 0 bridgehead atoms. The van der Waals surface area contributed by atoms with Crippen LogP contribution >= 0.6 is 31.9 Å². The van der Waals surface area contributed by atoms with Crippen molar-refractivity contribution in [3.63, 3.8) is 0 Å². The van der Waals surface area contributed by atoms with Crippen LogP contribution in [-0.2, 0) is 14.3 Å². The van der Waals surface area contributed by atoms with Gasteiger partial charge in [-0.05, 0) is 49.2 Å². The van der Waals surface area contributed by atoms with E-state index in [9.17, 15) is 9.59 Å². The Morgan fingerprint density at radius 2 is 1.29 bits per heavy atom. The number of esters is 1. The van der Waals surface area contributed by atoms with Gasteiger partial charge in [-0.3, -0.25) is 9.59 Å². The van der Waals surface area contributed by atoms with Crippen LogP contribution in [0.2, 0.25) is 0 Å². The maximum atomic E-state index is 10.8. The average molecular weight is 564 g/mol. The fourth-order valence-corrected chi connectivity index (χ4v) is 2.79. The van der Waals surface area contributed by atoms with E-state index in [-0.39, 0.29) is 27.2 Å². The second-order valence-corrected chi connectivity index (χ2v) is 7.62. The van der Waals surface area contributed by atoms with Crippen LogP contribution in [0.3, 0.4) is 0 Å². The second-order valence-electron chi connectivity index (χ2n) is 5.79. The number of carbonyl (C=O) groups excluding carboxylic acids is 1. The predicted molar refractivity (Wildman–Crippen MR) is 131 cm³/mol. The number of carboxylic acid groups (broad SMARTS) is 1. The molecule has 0 atom stereocenters. The first-order chi connectivity index (χ1) is 13.9. The lowest BCUT2D eigenvalue weighted by Crippen LogP contribution is -2.04. The van der Waals surface area contributed by atoms with Crippen LogP contribution in [0.25, 0.3) is 0 Å². The van der Waals surface area contributed by atoms with E-state index in [0.29, 0.717) is 32.5 Å². The molecule has 0 heterocycles. The van der Waals surface area contributed by atoms with Gasteiger partial charge in [0.25, 0.3) is 0 Å². The minimum Gasteiger partial charge on any atom is -0.494 e. The Morgan fingerprint density at radius 3 is 1.68 bits per heavy atom. The smallest absolute Gasteiger partial charge is 0.305 e.